The minimum atomic E-state index is 0.474. The van der Waals surface area contributed by atoms with E-state index in [2.05, 4.69) is 31.3 Å². The van der Waals surface area contributed by atoms with Gasteiger partial charge < -0.3 is 10.1 Å². The summed E-state index contributed by atoms with van der Waals surface area (Å²) in [6.07, 6.45) is 2.25. The number of rotatable bonds is 7. The van der Waals surface area contributed by atoms with Crippen LogP contribution in [0, 0.1) is 0 Å². The van der Waals surface area contributed by atoms with Crippen LogP contribution in [0.3, 0.4) is 0 Å². The fourth-order valence-electron chi connectivity index (χ4n) is 1.47. The van der Waals surface area contributed by atoms with Gasteiger partial charge in [0.1, 0.15) is 0 Å². The lowest BCUT2D eigenvalue weighted by Crippen LogP contribution is -2.31. The monoisotopic (exact) mass is 227 g/mol. The zero-order valence-electron chi connectivity index (χ0n) is 9.88. The first-order valence-electron chi connectivity index (χ1n) is 5.60. The Morgan fingerprint density at radius 1 is 1.33 bits per heavy atom. The van der Waals surface area contributed by atoms with Crippen molar-refractivity contribution in [3.63, 3.8) is 0 Å². The molecule has 1 aromatic rings. The van der Waals surface area contributed by atoms with Crippen LogP contribution in [0.1, 0.15) is 30.0 Å². The summed E-state index contributed by atoms with van der Waals surface area (Å²) in [5, 5.41) is 3.51. The molecule has 0 aliphatic rings. The smallest absolute Gasteiger partial charge is 0.0615 e. The third-order valence-electron chi connectivity index (χ3n) is 2.49. The zero-order chi connectivity index (χ0) is 11.1. The maximum atomic E-state index is 5.15. The Morgan fingerprint density at radius 3 is 2.60 bits per heavy atom. The van der Waals surface area contributed by atoms with Gasteiger partial charge in [0.2, 0.25) is 0 Å². The molecule has 0 aliphatic carbocycles. The van der Waals surface area contributed by atoms with E-state index in [9.17, 15) is 0 Å². The van der Waals surface area contributed by atoms with Crippen molar-refractivity contribution < 1.29 is 4.74 Å². The molecule has 1 aromatic heterocycles. The van der Waals surface area contributed by atoms with Crippen molar-refractivity contribution in [3.05, 3.63) is 21.9 Å². The van der Waals surface area contributed by atoms with Crippen molar-refractivity contribution in [1.82, 2.24) is 5.32 Å². The van der Waals surface area contributed by atoms with Gasteiger partial charge in [0.25, 0.3) is 0 Å². The fraction of sp³-hybridized carbons (Fsp3) is 0.667. The third-order valence-corrected chi connectivity index (χ3v) is 3.72. The Bertz CT molecular complexity index is 272. The lowest BCUT2D eigenvalue weighted by molar-refractivity contribution is 0.164. The summed E-state index contributed by atoms with van der Waals surface area (Å²) in [6, 6.07) is 4.91. The second-order valence-corrected chi connectivity index (χ2v) is 4.92. The van der Waals surface area contributed by atoms with E-state index in [4.69, 9.17) is 4.74 Å². The number of aryl methyl sites for hydroxylation is 1. The van der Waals surface area contributed by atoms with E-state index in [1.807, 2.05) is 11.3 Å². The first-order chi connectivity index (χ1) is 7.30. The molecule has 1 unspecified atom stereocenters. The molecule has 86 valence electrons. The van der Waals surface area contributed by atoms with E-state index in [1.165, 1.54) is 9.75 Å². The van der Waals surface area contributed by atoms with Gasteiger partial charge in [-0.05, 0) is 25.0 Å². The highest BCUT2D eigenvalue weighted by Crippen LogP contribution is 2.16. The number of nitrogens with one attached hydrogen (secondary N) is 1. The molecule has 2 nitrogen and oxygen atoms in total. The molecule has 0 aliphatic heterocycles. The van der Waals surface area contributed by atoms with E-state index in [0.29, 0.717) is 6.04 Å². The summed E-state index contributed by atoms with van der Waals surface area (Å²) in [6.45, 7) is 6.14. The van der Waals surface area contributed by atoms with Gasteiger partial charge >= 0.3 is 0 Å². The molecule has 0 saturated carbocycles. The second-order valence-electron chi connectivity index (χ2n) is 3.66. The van der Waals surface area contributed by atoms with Gasteiger partial charge in [-0.25, -0.2) is 0 Å². The molecule has 0 amide bonds. The minimum absolute atomic E-state index is 0.474. The first-order valence-corrected chi connectivity index (χ1v) is 6.41. The average Bonchev–Trinajstić information content (AvgIpc) is 2.72. The van der Waals surface area contributed by atoms with Crippen LogP contribution in [0.15, 0.2) is 12.1 Å². The van der Waals surface area contributed by atoms with Crippen LogP contribution >= 0.6 is 11.3 Å². The van der Waals surface area contributed by atoms with Gasteiger partial charge in [0, 0.05) is 29.5 Å². The third kappa shape index (κ3) is 4.33. The normalized spacial score (nSPS) is 13.0. The Balaban J connectivity index is 2.34. The number of thiophene rings is 1. The Labute approximate surface area is 96.7 Å². The molecule has 0 fully saturated rings. The predicted molar refractivity (Wildman–Crippen MR) is 66.5 cm³/mol. The van der Waals surface area contributed by atoms with Gasteiger partial charge in [-0.1, -0.05) is 13.8 Å². The molecule has 0 spiro atoms. The van der Waals surface area contributed by atoms with E-state index in [0.717, 1.165) is 26.0 Å². The molecular weight excluding hydrogens is 206 g/mol. The molecule has 1 heterocycles. The molecule has 3 heteroatoms. The Hall–Kier alpha value is -0.380. The fourth-order valence-corrected chi connectivity index (χ4v) is 2.38. The van der Waals surface area contributed by atoms with Gasteiger partial charge in [0.05, 0.1) is 6.61 Å². The lowest BCUT2D eigenvalue weighted by Gasteiger charge is -2.14. The van der Waals surface area contributed by atoms with Gasteiger partial charge in [-0.3, -0.25) is 0 Å². The van der Waals surface area contributed by atoms with E-state index in [1.54, 1.807) is 7.11 Å². The molecule has 0 saturated heterocycles. The summed E-state index contributed by atoms with van der Waals surface area (Å²) in [4.78, 5) is 2.88. The first kappa shape index (κ1) is 12.7. The molecule has 1 atom stereocenters. The molecule has 15 heavy (non-hydrogen) atoms. The highest BCUT2D eigenvalue weighted by molar-refractivity contribution is 7.11. The van der Waals surface area contributed by atoms with Crippen molar-refractivity contribution in [2.45, 2.75) is 39.3 Å². The van der Waals surface area contributed by atoms with Crippen LogP contribution in [0.2, 0.25) is 0 Å². The van der Waals surface area contributed by atoms with Crippen molar-refractivity contribution >= 4 is 11.3 Å². The second kappa shape index (κ2) is 6.99. The number of hydrogen-bond acceptors (Lipinski definition) is 3. The maximum Gasteiger partial charge on any atom is 0.0615 e. The van der Waals surface area contributed by atoms with Gasteiger partial charge in [-0.2, -0.15) is 0 Å². The summed E-state index contributed by atoms with van der Waals surface area (Å²) in [5.74, 6) is 0. The SMILES string of the molecule is CCc1ccc(CNC(CC)COC)s1. The summed E-state index contributed by atoms with van der Waals surface area (Å²) in [7, 11) is 1.75. The van der Waals surface area contributed by atoms with Crippen LogP contribution in [0.4, 0.5) is 0 Å². The van der Waals surface area contributed by atoms with Crippen LogP contribution < -0.4 is 5.32 Å². The van der Waals surface area contributed by atoms with Crippen molar-refractivity contribution in [2.75, 3.05) is 13.7 Å². The molecular formula is C12H21NOS. The minimum Gasteiger partial charge on any atom is -0.383 e. The highest BCUT2D eigenvalue weighted by atomic mass is 32.1. The molecule has 1 rings (SSSR count). The van der Waals surface area contributed by atoms with Crippen molar-refractivity contribution in [2.24, 2.45) is 0 Å². The van der Waals surface area contributed by atoms with Crippen LogP contribution in [0.25, 0.3) is 0 Å². The molecule has 0 aromatic carbocycles. The van der Waals surface area contributed by atoms with Crippen molar-refractivity contribution in [1.29, 1.82) is 0 Å². The van der Waals surface area contributed by atoms with E-state index in [-0.39, 0.29) is 0 Å². The molecule has 0 radical (unpaired) electrons. The topological polar surface area (TPSA) is 21.3 Å². The largest absolute Gasteiger partial charge is 0.383 e. The van der Waals surface area contributed by atoms with E-state index < -0.39 is 0 Å². The van der Waals surface area contributed by atoms with Crippen molar-refractivity contribution in [3.8, 4) is 0 Å². The highest BCUT2D eigenvalue weighted by Gasteiger charge is 2.05. The summed E-state index contributed by atoms with van der Waals surface area (Å²) < 4.78 is 5.15. The van der Waals surface area contributed by atoms with Gasteiger partial charge in [-0.15, -0.1) is 11.3 Å². The summed E-state index contributed by atoms with van der Waals surface area (Å²) >= 11 is 1.90. The average molecular weight is 227 g/mol. The molecule has 0 bridgehead atoms. The number of methoxy groups -OCH3 is 1. The quantitative estimate of drug-likeness (QED) is 0.773. The van der Waals surface area contributed by atoms with Crippen LogP contribution in [0.5, 0.6) is 0 Å². The van der Waals surface area contributed by atoms with Gasteiger partial charge in [0.15, 0.2) is 0 Å². The van der Waals surface area contributed by atoms with E-state index >= 15 is 0 Å². The number of ether oxygens (including phenoxy) is 1. The Kier molecular flexibility index (Phi) is 5.91. The number of hydrogen-bond donors (Lipinski definition) is 1. The lowest BCUT2D eigenvalue weighted by atomic mass is 10.2. The Morgan fingerprint density at radius 2 is 2.07 bits per heavy atom. The standard InChI is InChI=1S/C12H21NOS/c1-4-10(9-14-3)13-8-12-7-6-11(5-2)15-12/h6-7,10,13H,4-5,8-9H2,1-3H3. The zero-order valence-corrected chi connectivity index (χ0v) is 10.7. The summed E-state index contributed by atoms with van der Waals surface area (Å²) in [5.41, 5.74) is 0. The molecule has 1 N–H and O–H groups in total. The van der Waals surface area contributed by atoms with Crippen LogP contribution in [-0.2, 0) is 17.7 Å². The maximum absolute atomic E-state index is 5.15. The predicted octanol–water partition coefficient (Wildman–Crippen LogP) is 2.83. The van der Waals surface area contributed by atoms with Crippen LogP contribution in [-0.4, -0.2) is 19.8 Å².